The molecule has 1 fully saturated rings. The van der Waals surface area contributed by atoms with E-state index in [2.05, 4.69) is 15.6 Å². The van der Waals surface area contributed by atoms with Crippen LogP contribution in [0.3, 0.4) is 0 Å². The van der Waals surface area contributed by atoms with E-state index in [0.717, 1.165) is 37.4 Å². The number of anilines is 2. The number of nitrogens with zero attached hydrogens (tertiary/aromatic N) is 1. The zero-order chi connectivity index (χ0) is 15.2. The van der Waals surface area contributed by atoms with Crippen LogP contribution in [0.4, 0.5) is 11.4 Å². The summed E-state index contributed by atoms with van der Waals surface area (Å²) in [6.07, 6.45) is 4.18. The molecule has 5 nitrogen and oxygen atoms in total. The van der Waals surface area contributed by atoms with Crippen molar-refractivity contribution in [3.8, 4) is 0 Å². The average Bonchev–Trinajstić information content (AvgIpc) is 3.08. The molecule has 1 amide bonds. The third kappa shape index (κ3) is 3.83. The molecule has 0 aliphatic carbocycles. The Balaban J connectivity index is 1.55. The second-order valence-electron chi connectivity index (χ2n) is 5.27. The first-order valence-electron chi connectivity index (χ1n) is 7.49. The smallest absolute Gasteiger partial charge is 0.274 e. The van der Waals surface area contributed by atoms with Gasteiger partial charge in [-0.05, 0) is 37.1 Å². The molecule has 2 N–H and O–H groups in total. The van der Waals surface area contributed by atoms with Crippen LogP contribution in [0.5, 0.6) is 0 Å². The van der Waals surface area contributed by atoms with Gasteiger partial charge in [0.05, 0.1) is 18.0 Å². The van der Waals surface area contributed by atoms with Crippen molar-refractivity contribution in [3.05, 3.63) is 54.4 Å². The van der Waals surface area contributed by atoms with Gasteiger partial charge in [0.25, 0.3) is 5.91 Å². The molecule has 1 aromatic carbocycles. The van der Waals surface area contributed by atoms with E-state index in [4.69, 9.17) is 4.74 Å². The topological polar surface area (TPSA) is 63.2 Å². The van der Waals surface area contributed by atoms with E-state index in [-0.39, 0.29) is 12.0 Å². The summed E-state index contributed by atoms with van der Waals surface area (Å²) < 4.78 is 5.56. The molecular formula is C17H19N3O2. The molecule has 0 bridgehead atoms. The van der Waals surface area contributed by atoms with Gasteiger partial charge in [-0.25, -0.2) is 4.98 Å². The maximum atomic E-state index is 12.1. The number of carbonyl (C=O) groups is 1. The summed E-state index contributed by atoms with van der Waals surface area (Å²) in [6, 6.07) is 12.9. The molecule has 114 valence electrons. The Bertz CT molecular complexity index is 608. The molecule has 0 spiro atoms. The average molecular weight is 297 g/mol. The van der Waals surface area contributed by atoms with Gasteiger partial charge in [0, 0.05) is 18.8 Å². The summed E-state index contributed by atoms with van der Waals surface area (Å²) in [7, 11) is 0. The van der Waals surface area contributed by atoms with Crippen molar-refractivity contribution in [1.29, 1.82) is 0 Å². The fourth-order valence-electron chi connectivity index (χ4n) is 2.39. The summed E-state index contributed by atoms with van der Waals surface area (Å²) in [5.74, 6) is -0.211. The first-order chi connectivity index (χ1) is 10.8. The van der Waals surface area contributed by atoms with Gasteiger partial charge in [-0.2, -0.15) is 0 Å². The Labute approximate surface area is 129 Å². The second-order valence-corrected chi connectivity index (χ2v) is 5.27. The van der Waals surface area contributed by atoms with Crippen molar-refractivity contribution in [2.75, 3.05) is 23.8 Å². The maximum absolute atomic E-state index is 12.1. The molecule has 1 aliphatic heterocycles. The van der Waals surface area contributed by atoms with E-state index in [1.54, 1.807) is 12.3 Å². The lowest BCUT2D eigenvalue weighted by Gasteiger charge is -2.11. The third-order valence-electron chi connectivity index (χ3n) is 3.59. The number of aromatic nitrogens is 1. The van der Waals surface area contributed by atoms with Gasteiger partial charge < -0.3 is 15.4 Å². The number of hydrogen-bond donors (Lipinski definition) is 2. The normalized spacial score (nSPS) is 17.2. The van der Waals surface area contributed by atoms with Crippen LogP contribution in [0.2, 0.25) is 0 Å². The van der Waals surface area contributed by atoms with Crippen molar-refractivity contribution >= 4 is 17.3 Å². The van der Waals surface area contributed by atoms with Gasteiger partial charge in [0.15, 0.2) is 0 Å². The predicted molar refractivity (Wildman–Crippen MR) is 86.1 cm³/mol. The largest absolute Gasteiger partial charge is 0.381 e. The standard InChI is InChI=1S/C17H19N3O2/c21-17(20-13-5-2-1-3-6-13)16-9-8-14(11-19-16)18-12-15-7-4-10-22-15/h1-3,5-6,8-9,11,15,18H,4,7,10,12H2,(H,20,21). The van der Waals surface area contributed by atoms with Gasteiger partial charge in [-0.1, -0.05) is 18.2 Å². The first-order valence-corrected chi connectivity index (χ1v) is 7.49. The van der Waals surface area contributed by atoms with Crippen molar-refractivity contribution in [2.45, 2.75) is 18.9 Å². The van der Waals surface area contributed by atoms with Crippen LogP contribution < -0.4 is 10.6 Å². The lowest BCUT2D eigenvalue weighted by atomic mass is 10.2. The minimum absolute atomic E-state index is 0.211. The van der Waals surface area contributed by atoms with Crippen LogP contribution in [0.25, 0.3) is 0 Å². The number of benzene rings is 1. The van der Waals surface area contributed by atoms with Crippen LogP contribution in [-0.4, -0.2) is 30.1 Å². The summed E-state index contributed by atoms with van der Waals surface area (Å²) >= 11 is 0. The van der Waals surface area contributed by atoms with E-state index in [9.17, 15) is 4.79 Å². The summed E-state index contributed by atoms with van der Waals surface area (Å²) in [4.78, 5) is 16.3. The highest BCUT2D eigenvalue weighted by molar-refractivity contribution is 6.02. The Kier molecular flexibility index (Phi) is 4.65. The predicted octanol–water partition coefficient (Wildman–Crippen LogP) is 2.92. The van der Waals surface area contributed by atoms with Crippen molar-refractivity contribution in [1.82, 2.24) is 4.98 Å². The molecule has 22 heavy (non-hydrogen) atoms. The molecule has 3 rings (SSSR count). The first kappa shape index (κ1) is 14.5. The molecule has 0 radical (unpaired) electrons. The lowest BCUT2D eigenvalue weighted by Crippen LogP contribution is -2.19. The number of para-hydroxylation sites is 1. The van der Waals surface area contributed by atoms with Crippen molar-refractivity contribution < 1.29 is 9.53 Å². The SMILES string of the molecule is O=C(Nc1ccccc1)c1ccc(NCC2CCCO2)cn1. The highest BCUT2D eigenvalue weighted by Crippen LogP contribution is 2.14. The molecule has 1 aliphatic rings. The number of pyridine rings is 1. The third-order valence-corrected chi connectivity index (χ3v) is 3.59. The maximum Gasteiger partial charge on any atom is 0.274 e. The number of hydrogen-bond acceptors (Lipinski definition) is 4. The Morgan fingerprint density at radius 3 is 2.73 bits per heavy atom. The van der Waals surface area contributed by atoms with Crippen molar-refractivity contribution in [2.24, 2.45) is 0 Å². The molecule has 1 atom stereocenters. The monoisotopic (exact) mass is 297 g/mol. The molecule has 5 heteroatoms. The van der Waals surface area contributed by atoms with Gasteiger partial charge >= 0.3 is 0 Å². The summed E-state index contributed by atoms with van der Waals surface area (Å²) in [6.45, 7) is 1.63. The van der Waals surface area contributed by atoms with Crippen LogP contribution in [0.15, 0.2) is 48.7 Å². The van der Waals surface area contributed by atoms with Crippen LogP contribution in [0.1, 0.15) is 23.3 Å². The summed E-state index contributed by atoms with van der Waals surface area (Å²) in [5, 5.41) is 6.10. The lowest BCUT2D eigenvalue weighted by molar-refractivity contribution is 0.102. The van der Waals surface area contributed by atoms with Crippen molar-refractivity contribution in [3.63, 3.8) is 0 Å². The zero-order valence-corrected chi connectivity index (χ0v) is 12.3. The molecule has 0 saturated carbocycles. The minimum atomic E-state index is -0.211. The van der Waals surface area contributed by atoms with Gasteiger partial charge in [0.2, 0.25) is 0 Å². The zero-order valence-electron chi connectivity index (χ0n) is 12.3. The quantitative estimate of drug-likeness (QED) is 0.890. The van der Waals surface area contributed by atoms with Gasteiger partial charge in [0.1, 0.15) is 5.69 Å². The molecule has 2 aromatic rings. The van der Waals surface area contributed by atoms with E-state index in [0.29, 0.717) is 5.69 Å². The minimum Gasteiger partial charge on any atom is -0.381 e. The Hall–Kier alpha value is -2.40. The molecule has 1 unspecified atom stereocenters. The van der Waals surface area contributed by atoms with E-state index in [1.807, 2.05) is 36.4 Å². The Morgan fingerprint density at radius 1 is 1.18 bits per heavy atom. The number of carbonyl (C=O) groups excluding carboxylic acids is 1. The van der Waals surface area contributed by atoms with Crippen LogP contribution in [-0.2, 0) is 4.74 Å². The van der Waals surface area contributed by atoms with Gasteiger partial charge in [-0.3, -0.25) is 4.79 Å². The van der Waals surface area contributed by atoms with Gasteiger partial charge in [-0.15, -0.1) is 0 Å². The molecule has 2 heterocycles. The van der Waals surface area contributed by atoms with Crippen LogP contribution >= 0.6 is 0 Å². The number of nitrogens with one attached hydrogen (secondary N) is 2. The van der Waals surface area contributed by atoms with E-state index in [1.165, 1.54) is 0 Å². The fourth-order valence-corrected chi connectivity index (χ4v) is 2.39. The molecule has 1 aromatic heterocycles. The highest BCUT2D eigenvalue weighted by Gasteiger charge is 2.15. The second kappa shape index (κ2) is 7.04. The number of ether oxygens (including phenoxy) is 1. The number of rotatable bonds is 5. The summed E-state index contributed by atoms with van der Waals surface area (Å²) in [5.41, 5.74) is 2.05. The number of amides is 1. The molecule has 1 saturated heterocycles. The Morgan fingerprint density at radius 2 is 2.05 bits per heavy atom. The van der Waals surface area contributed by atoms with E-state index < -0.39 is 0 Å². The fraction of sp³-hybridized carbons (Fsp3) is 0.294. The van der Waals surface area contributed by atoms with E-state index >= 15 is 0 Å². The molecular weight excluding hydrogens is 278 g/mol. The van der Waals surface area contributed by atoms with Crippen LogP contribution in [0, 0.1) is 0 Å². The highest BCUT2D eigenvalue weighted by atomic mass is 16.5.